The Bertz CT molecular complexity index is 1960. The molecule has 11 heteroatoms. The SMILES string of the molecule is CO[C@H]1O[C@H](CO)[C@@H](OC(=O)CCc2ccccc2)[C@H](OC(=O)Nc2ccccc2-c2ccccc2)[C@H]1OC(=O)Nc1ccccc1-c1ccccc1. The number of hydrogen-bond donors (Lipinski definition) is 3. The number of benzene rings is 5. The van der Waals surface area contributed by atoms with E-state index in [4.69, 9.17) is 23.7 Å². The summed E-state index contributed by atoms with van der Waals surface area (Å²) >= 11 is 0. The van der Waals surface area contributed by atoms with Gasteiger partial charge >= 0.3 is 18.2 Å². The zero-order chi connectivity index (χ0) is 37.0. The van der Waals surface area contributed by atoms with Crippen LogP contribution in [0.15, 0.2) is 140 Å². The quantitative estimate of drug-likeness (QED) is 0.0886. The number of rotatable bonds is 12. The molecular formula is C42H40N2O9. The molecule has 0 radical (unpaired) electrons. The number of para-hydroxylation sites is 2. The highest BCUT2D eigenvalue weighted by molar-refractivity contribution is 5.92. The number of anilines is 2. The van der Waals surface area contributed by atoms with Crippen LogP contribution >= 0.6 is 0 Å². The lowest BCUT2D eigenvalue weighted by Crippen LogP contribution is -2.63. The van der Waals surface area contributed by atoms with Gasteiger partial charge in [0.2, 0.25) is 0 Å². The number of ether oxygens (including phenoxy) is 5. The van der Waals surface area contributed by atoms with Gasteiger partial charge in [0.15, 0.2) is 24.6 Å². The molecule has 0 aliphatic carbocycles. The molecule has 2 amide bonds. The predicted molar refractivity (Wildman–Crippen MR) is 199 cm³/mol. The summed E-state index contributed by atoms with van der Waals surface area (Å²) in [6.07, 6.45) is -8.32. The van der Waals surface area contributed by atoms with E-state index in [-0.39, 0.29) is 6.42 Å². The summed E-state index contributed by atoms with van der Waals surface area (Å²) in [5.41, 5.74) is 5.01. The minimum Gasteiger partial charge on any atom is -0.455 e. The van der Waals surface area contributed by atoms with Gasteiger partial charge in [-0.15, -0.1) is 0 Å². The fraction of sp³-hybridized carbons (Fsp3) is 0.214. The maximum absolute atomic E-state index is 13.7. The topological polar surface area (TPSA) is 142 Å². The molecule has 1 aliphatic heterocycles. The number of nitrogens with one attached hydrogen (secondary N) is 2. The first kappa shape index (κ1) is 36.8. The molecule has 0 unspecified atom stereocenters. The van der Waals surface area contributed by atoms with E-state index in [0.29, 0.717) is 17.8 Å². The van der Waals surface area contributed by atoms with Crippen molar-refractivity contribution in [1.82, 2.24) is 0 Å². The van der Waals surface area contributed by atoms with Crippen LogP contribution in [0, 0.1) is 0 Å². The molecule has 5 atom stereocenters. The summed E-state index contributed by atoms with van der Waals surface area (Å²) in [6, 6.07) is 42.7. The largest absolute Gasteiger partial charge is 0.455 e. The highest BCUT2D eigenvalue weighted by Gasteiger charge is 2.52. The van der Waals surface area contributed by atoms with Crippen molar-refractivity contribution < 1.29 is 43.2 Å². The van der Waals surface area contributed by atoms with Crippen LogP contribution in [0.1, 0.15) is 12.0 Å². The maximum Gasteiger partial charge on any atom is 0.412 e. The second-order valence-corrected chi connectivity index (χ2v) is 12.2. The van der Waals surface area contributed by atoms with Crippen LogP contribution in [-0.4, -0.2) is 67.7 Å². The molecule has 0 saturated carbocycles. The van der Waals surface area contributed by atoms with Gasteiger partial charge < -0.3 is 28.8 Å². The molecule has 6 rings (SSSR count). The van der Waals surface area contributed by atoms with Gasteiger partial charge in [0.1, 0.15) is 6.10 Å². The fourth-order valence-electron chi connectivity index (χ4n) is 6.17. The molecule has 53 heavy (non-hydrogen) atoms. The molecule has 1 fully saturated rings. The number of methoxy groups -OCH3 is 1. The third-order valence-electron chi connectivity index (χ3n) is 8.72. The van der Waals surface area contributed by atoms with Gasteiger partial charge in [0.05, 0.1) is 18.0 Å². The molecule has 0 spiro atoms. The van der Waals surface area contributed by atoms with Crippen molar-refractivity contribution >= 4 is 29.5 Å². The smallest absolute Gasteiger partial charge is 0.412 e. The fourth-order valence-corrected chi connectivity index (χ4v) is 6.17. The number of amides is 2. The molecule has 0 aromatic heterocycles. The average molecular weight is 717 g/mol. The van der Waals surface area contributed by atoms with E-state index in [1.54, 1.807) is 24.3 Å². The summed E-state index contributed by atoms with van der Waals surface area (Å²) in [5.74, 6) is -0.639. The molecular weight excluding hydrogens is 676 g/mol. The summed E-state index contributed by atoms with van der Waals surface area (Å²) < 4.78 is 29.3. The van der Waals surface area contributed by atoms with Crippen molar-refractivity contribution in [3.8, 4) is 22.3 Å². The van der Waals surface area contributed by atoms with E-state index in [1.165, 1.54) is 7.11 Å². The van der Waals surface area contributed by atoms with E-state index >= 15 is 0 Å². The number of esters is 1. The molecule has 5 aromatic rings. The van der Waals surface area contributed by atoms with Crippen molar-refractivity contribution in [3.63, 3.8) is 0 Å². The Morgan fingerprint density at radius 1 is 0.604 bits per heavy atom. The van der Waals surface area contributed by atoms with Crippen molar-refractivity contribution in [1.29, 1.82) is 0 Å². The molecule has 3 N–H and O–H groups in total. The molecule has 5 aromatic carbocycles. The first-order chi connectivity index (χ1) is 25.9. The van der Waals surface area contributed by atoms with E-state index in [9.17, 15) is 19.5 Å². The molecule has 11 nitrogen and oxygen atoms in total. The number of carbonyl (C=O) groups excluding carboxylic acids is 3. The van der Waals surface area contributed by atoms with E-state index < -0.39 is 55.5 Å². The molecule has 272 valence electrons. The third-order valence-corrected chi connectivity index (χ3v) is 8.72. The average Bonchev–Trinajstić information content (AvgIpc) is 3.20. The van der Waals surface area contributed by atoms with Gasteiger partial charge in [0.25, 0.3) is 0 Å². The Morgan fingerprint density at radius 3 is 1.58 bits per heavy atom. The number of aliphatic hydroxyl groups is 1. The van der Waals surface area contributed by atoms with Gasteiger partial charge in [-0.1, -0.05) is 127 Å². The molecule has 1 saturated heterocycles. The lowest BCUT2D eigenvalue weighted by Gasteiger charge is -2.43. The van der Waals surface area contributed by atoms with E-state index in [1.807, 2.05) is 115 Å². The van der Waals surface area contributed by atoms with Gasteiger partial charge in [-0.25, -0.2) is 9.59 Å². The Balaban J connectivity index is 1.27. The van der Waals surface area contributed by atoms with Crippen molar-refractivity contribution in [2.75, 3.05) is 24.4 Å². The molecule has 1 heterocycles. The summed E-state index contributed by atoms with van der Waals surface area (Å²) in [5, 5.41) is 16.0. The van der Waals surface area contributed by atoms with Gasteiger partial charge in [-0.3, -0.25) is 15.4 Å². The van der Waals surface area contributed by atoms with Crippen molar-refractivity contribution in [2.24, 2.45) is 0 Å². The Kier molecular flexibility index (Phi) is 12.5. The van der Waals surface area contributed by atoms with Crippen LogP contribution in [0.3, 0.4) is 0 Å². The number of aryl methyl sites for hydroxylation is 1. The summed E-state index contributed by atoms with van der Waals surface area (Å²) in [7, 11) is 1.32. The zero-order valence-electron chi connectivity index (χ0n) is 29.0. The number of carbonyl (C=O) groups is 3. The minimum absolute atomic E-state index is 0.0159. The van der Waals surface area contributed by atoms with Crippen molar-refractivity contribution in [2.45, 2.75) is 43.5 Å². The van der Waals surface area contributed by atoms with Crippen LogP contribution in [0.5, 0.6) is 0 Å². The Hall–Kier alpha value is -6.01. The van der Waals surface area contributed by atoms with Gasteiger partial charge in [0, 0.05) is 24.7 Å². The van der Waals surface area contributed by atoms with Gasteiger partial charge in [-0.05, 0) is 35.2 Å². The molecule has 0 bridgehead atoms. The van der Waals surface area contributed by atoms with Crippen LogP contribution < -0.4 is 10.6 Å². The van der Waals surface area contributed by atoms with Crippen LogP contribution in [0.25, 0.3) is 22.3 Å². The maximum atomic E-state index is 13.7. The third kappa shape index (κ3) is 9.46. The monoisotopic (exact) mass is 716 g/mol. The van der Waals surface area contributed by atoms with Crippen molar-refractivity contribution in [3.05, 3.63) is 145 Å². The predicted octanol–water partition coefficient (Wildman–Crippen LogP) is 7.46. The second-order valence-electron chi connectivity index (χ2n) is 12.2. The highest BCUT2D eigenvalue weighted by Crippen LogP contribution is 2.33. The molecule has 1 aliphatic rings. The summed E-state index contributed by atoms with van der Waals surface area (Å²) in [6.45, 7) is -0.627. The number of aliphatic hydroxyl groups excluding tert-OH is 1. The number of hydrogen-bond acceptors (Lipinski definition) is 9. The highest BCUT2D eigenvalue weighted by atomic mass is 16.7. The zero-order valence-corrected chi connectivity index (χ0v) is 29.0. The lowest BCUT2D eigenvalue weighted by atomic mass is 9.98. The standard InChI is InChI=1S/C42H40N2O9/c1-49-40-39(53-42(48)44-34-24-14-12-22-32(34)30-19-9-4-10-20-30)38(37(35(27-45)50-40)51-36(46)26-25-28-15-5-2-6-16-28)52-41(47)43-33-23-13-11-21-31(33)29-17-7-3-8-18-29/h2-24,35,37-40,45H,25-27H2,1H3,(H,43,47)(H,44,48)/t35-,37-,38+,39-,40+/m1/s1. The summed E-state index contributed by atoms with van der Waals surface area (Å²) in [4.78, 5) is 40.7. The first-order valence-corrected chi connectivity index (χ1v) is 17.2. The first-order valence-electron chi connectivity index (χ1n) is 17.2. The van der Waals surface area contributed by atoms with Crippen LogP contribution in [0.4, 0.5) is 21.0 Å². The normalized spacial score (nSPS) is 19.4. The Morgan fingerprint density at radius 2 is 1.08 bits per heavy atom. The van der Waals surface area contributed by atoms with Crippen LogP contribution in [-0.2, 0) is 34.9 Å². The minimum atomic E-state index is -1.48. The van der Waals surface area contributed by atoms with Crippen LogP contribution in [0.2, 0.25) is 0 Å². The van der Waals surface area contributed by atoms with E-state index in [2.05, 4.69) is 10.6 Å². The second kappa shape index (κ2) is 18.0. The Labute approximate surface area is 307 Å². The van der Waals surface area contributed by atoms with E-state index in [0.717, 1.165) is 27.8 Å². The van der Waals surface area contributed by atoms with Gasteiger partial charge in [-0.2, -0.15) is 0 Å². The lowest BCUT2D eigenvalue weighted by molar-refractivity contribution is -0.294.